The fraction of sp³-hybridized carbons (Fsp3) is 0.538. The van der Waals surface area contributed by atoms with Crippen LogP contribution < -0.4 is 5.73 Å². The molecule has 1 aromatic carbocycles. The fourth-order valence-corrected chi connectivity index (χ4v) is 1.75. The van der Waals surface area contributed by atoms with E-state index in [0.29, 0.717) is 12.0 Å². The van der Waals surface area contributed by atoms with Gasteiger partial charge in [-0.15, -0.1) is 0 Å². The lowest BCUT2D eigenvalue weighted by Gasteiger charge is -2.12. The topological polar surface area (TPSA) is 46.2 Å². The second kappa shape index (κ2) is 6.48. The minimum atomic E-state index is -0.736. The Hall–Kier alpha value is -1.09. The number of nitrogens with two attached hydrogens (primary N) is 1. The molecule has 0 fully saturated rings. The highest BCUT2D eigenvalue weighted by Gasteiger charge is 2.13. The maximum atomic E-state index is 13.5. The number of halogens is 1. The van der Waals surface area contributed by atoms with Crippen LogP contribution in [0.1, 0.15) is 50.7 Å². The van der Waals surface area contributed by atoms with Gasteiger partial charge in [-0.3, -0.25) is 0 Å². The predicted octanol–water partition coefficient (Wildman–Crippen LogP) is 3.41. The van der Waals surface area contributed by atoms with Gasteiger partial charge in [0.05, 0.1) is 11.8 Å². The van der Waals surface area contributed by atoms with Crippen molar-refractivity contribution in [2.75, 3.05) is 5.73 Å². The molecular formula is C13H20FNO. The van der Waals surface area contributed by atoms with Crippen LogP contribution in [0.4, 0.5) is 10.1 Å². The SMILES string of the molecule is CCCCCC[C@H](O)c1cccc(N)c1F. The molecule has 0 amide bonds. The maximum absolute atomic E-state index is 13.5. The minimum Gasteiger partial charge on any atom is -0.396 e. The van der Waals surface area contributed by atoms with Gasteiger partial charge in [0.15, 0.2) is 5.82 Å². The third-order valence-corrected chi connectivity index (χ3v) is 2.75. The zero-order valence-electron chi connectivity index (χ0n) is 9.75. The molecule has 0 aliphatic carbocycles. The summed E-state index contributed by atoms with van der Waals surface area (Å²) in [5, 5.41) is 9.83. The van der Waals surface area contributed by atoms with Gasteiger partial charge in [0.2, 0.25) is 0 Å². The Balaban J connectivity index is 2.52. The second-order valence-corrected chi connectivity index (χ2v) is 4.12. The van der Waals surface area contributed by atoms with E-state index in [0.717, 1.165) is 25.7 Å². The molecule has 3 heteroatoms. The highest BCUT2D eigenvalue weighted by atomic mass is 19.1. The zero-order chi connectivity index (χ0) is 12.0. The summed E-state index contributed by atoms with van der Waals surface area (Å²) < 4.78 is 13.5. The molecule has 0 saturated heterocycles. The number of anilines is 1. The van der Waals surface area contributed by atoms with Crippen LogP contribution in [0.15, 0.2) is 18.2 Å². The molecule has 0 saturated carbocycles. The first-order valence-electron chi connectivity index (χ1n) is 5.88. The number of nitrogen functional groups attached to an aromatic ring is 1. The van der Waals surface area contributed by atoms with E-state index in [1.807, 2.05) is 0 Å². The van der Waals surface area contributed by atoms with E-state index in [9.17, 15) is 9.50 Å². The number of hydrogen-bond acceptors (Lipinski definition) is 2. The highest BCUT2D eigenvalue weighted by Crippen LogP contribution is 2.25. The lowest BCUT2D eigenvalue weighted by Crippen LogP contribution is -2.03. The van der Waals surface area contributed by atoms with Crippen LogP contribution in [0.25, 0.3) is 0 Å². The van der Waals surface area contributed by atoms with Gasteiger partial charge in [-0.2, -0.15) is 0 Å². The molecule has 0 aliphatic heterocycles. The van der Waals surface area contributed by atoms with Crippen LogP contribution in [0.5, 0.6) is 0 Å². The third kappa shape index (κ3) is 3.49. The van der Waals surface area contributed by atoms with Crippen molar-refractivity contribution in [3.63, 3.8) is 0 Å². The average molecular weight is 225 g/mol. The normalized spacial score (nSPS) is 12.7. The van der Waals surface area contributed by atoms with Gasteiger partial charge in [0, 0.05) is 5.56 Å². The number of benzene rings is 1. The Morgan fingerprint density at radius 2 is 2.06 bits per heavy atom. The lowest BCUT2D eigenvalue weighted by molar-refractivity contribution is 0.159. The van der Waals surface area contributed by atoms with Crippen molar-refractivity contribution in [1.29, 1.82) is 0 Å². The summed E-state index contributed by atoms with van der Waals surface area (Å²) in [7, 11) is 0. The minimum absolute atomic E-state index is 0.102. The lowest BCUT2D eigenvalue weighted by atomic mass is 10.0. The Morgan fingerprint density at radius 3 is 2.75 bits per heavy atom. The van der Waals surface area contributed by atoms with Gasteiger partial charge in [-0.25, -0.2) is 4.39 Å². The van der Waals surface area contributed by atoms with Crippen LogP contribution in [0, 0.1) is 5.82 Å². The van der Waals surface area contributed by atoms with Gasteiger partial charge in [-0.1, -0.05) is 44.7 Å². The highest BCUT2D eigenvalue weighted by molar-refractivity contribution is 5.43. The number of unbranched alkanes of at least 4 members (excludes halogenated alkanes) is 3. The monoisotopic (exact) mass is 225 g/mol. The van der Waals surface area contributed by atoms with Gasteiger partial charge in [0.1, 0.15) is 0 Å². The molecule has 1 aromatic rings. The van der Waals surface area contributed by atoms with Crippen LogP contribution >= 0.6 is 0 Å². The molecule has 1 rings (SSSR count). The maximum Gasteiger partial charge on any atom is 0.151 e. The van der Waals surface area contributed by atoms with Crippen LogP contribution in [0.2, 0.25) is 0 Å². The molecule has 0 bridgehead atoms. The van der Waals surface area contributed by atoms with Crippen molar-refractivity contribution in [1.82, 2.24) is 0 Å². The summed E-state index contributed by atoms with van der Waals surface area (Å²) >= 11 is 0. The molecular weight excluding hydrogens is 205 g/mol. The van der Waals surface area contributed by atoms with E-state index in [2.05, 4.69) is 6.92 Å². The second-order valence-electron chi connectivity index (χ2n) is 4.12. The number of aliphatic hydroxyl groups excluding tert-OH is 1. The van der Waals surface area contributed by atoms with Crippen LogP contribution in [0.3, 0.4) is 0 Å². The number of rotatable bonds is 6. The van der Waals surface area contributed by atoms with Crippen molar-refractivity contribution in [2.45, 2.75) is 45.1 Å². The quantitative estimate of drug-likeness (QED) is 0.575. The molecule has 0 radical (unpaired) electrons. The van der Waals surface area contributed by atoms with Crippen molar-refractivity contribution in [3.8, 4) is 0 Å². The van der Waals surface area contributed by atoms with Crippen molar-refractivity contribution in [2.24, 2.45) is 0 Å². The van der Waals surface area contributed by atoms with E-state index in [1.54, 1.807) is 12.1 Å². The molecule has 0 unspecified atom stereocenters. The molecule has 0 spiro atoms. The van der Waals surface area contributed by atoms with Crippen molar-refractivity contribution >= 4 is 5.69 Å². The van der Waals surface area contributed by atoms with E-state index in [-0.39, 0.29) is 5.69 Å². The smallest absolute Gasteiger partial charge is 0.151 e. The standard InChI is InChI=1S/C13H20FNO/c1-2-3-4-5-9-12(16)10-7-6-8-11(15)13(10)14/h6-8,12,16H,2-5,9,15H2,1H3/t12-/m0/s1. The van der Waals surface area contributed by atoms with Crippen molar-refractivity contribution in [3.05, 3.63) is 29.6 Å². The van der Waals surface area contributed by atoms with Gasteiger partial charge in [-0.05, 0) is 12.5 Å². The molecule has 1 atom stereocenters. The molecule has 3 N–H and O–H groups in total. The Bertz CT molecular complexity index is 328. The summed E-state index contributed by atoms with van der Waals surface area (Å²) in [5.41, 5.74) is 5.87. The summed E-state index contributed by atoms with van der Waals surface area (Å²) in [6.45, 7) is 2.13. The summed E-state index contributed by atoms with van der Waals surface area (Å²) in [4.78, 5) is 0. The zero-order valence-corrected chi connectivity index (χ0v) is 9.75. The molecule has 0 heterocycles. The Labute approximate surface area is 96.3 Å². The van der Waals surface area contributed by atoms with E-state index in [1.165, 1.54) is 6.07 Å². The molecule has 90 valence electrons. The van der Waals surface area contributed by atoms with E-state index >= 15 is 0 Å². The summed E-state index contributed by atoms with van der Waals surface area (Å²) in [5.74, 6) is -0.481. The summed E-state index contributed by atoms with van der Waals surface area (Å²) in [6.07, 6.45) is 4.18. The van der Waals surface area contributed by atoms with Gasteiger partial charge in [0.25, 0.3) is 0 Å². The molecule has 0 aromatic heterocycles. The first kappa shape index (κ1) is 13.0. The van der Waals surface area contributed by atoms with E-state index in [4.69, 9.17) is 5.73 Å². The van der Waals surface area contributed by atoms with Crippen molar-refractivity contribution < 1.29 is 9.50 Å². The van der Waals surface area contributed by atoms with Gasteiger partial charge >= 0.3 is 0 Å². The summed E-state index contributed by atoms with van der Waals surface area (Å²) in [6, 6.07) is 4.77. The fourth-order valence-electron chi connectivity index (χ4n) is 1.75. The number of aliphatic hydroxyl groups is 1. The molecule has 0 aliphatic rings. The Kier molecular flexibility index (Phi) is 5.26. The third-order valence-electron chi connectivity index (χ3n) is 2.75. The largest absolute Gasteiger partial charge is 0.396 e. The van der Waals surface area contributed by atoms with Crippen LogP contribution in [-0.4, -0.2) is 5.11 Å². The van der Waals surface area contributed by atoms with Crippen LogP contribution in [-0.2, 0) is 0 Å². The molecule has 16 heavy (non-hydrogen) atoms. The average Bonchev–Trinajstić information content (AvgIpc) is 2.28. The van der Waals surface area contributed by atoms with Gasteiger partial charge < -0.3 is 10.8 Å². The molecule has 2 nitrogen and oxygen atoms in total. The predicted molar refractivity (Wildman–Crippen MR) is 64.5 cm³/mol. The first-order valence-corrected chi connectivity index (χ1v) is 5.88. The van der Waals surface area contributed by atoms with E-state index < -0.39 is 11.9 Å². The number of hydrogen-bond donors (Lipinski definition) is 2. The first-order chi connectivity index (χ1) is 7.66. The Morgan fingerprint density at radius 1 is 1.31 bits per heavy atom.